The summed E-state index contributed by atoms with van der Waals surface area (Å²) in [5, 5.41) is 12.5. The fourth-order valence-electron chi connectivity index (χ4n) is 21.8. The van der Waals surface area contributed by atoms with Gasteiger partial charge in [-0.3, -0.25) is 0 Å². The minimum Gasteiger partial charge on any atom is -0.345 e. The second kappa shape index (κ2) is 40.1. The van der Waals surface area contributed by atoms with E-state index in [4.69, 9.17) is 0 Å². The van der Waals surface area contributed by atoms with Crippen molar-refractivity contribution >= 4 is 121 Å². The molecule has 0 unspecified atom stereocenters. The van der Waals surface area contributed by atoms with Gasteiger partial charge in [-0.25, -0.2) is 0 Å². The molecule has 27 aromatic rings. The molecule has 0 aliphatic heterocycles. The number of fused-ring (bicyclic) bond motifs is 11. The van der Waals surface area contributed by atoms with Crippen molar-refractivity contribution in [3.05, 3.63) is 576 Å². The highest BCUT2D eigenvalue weighted by Crippen LogP contribution is 2.47. The number of hydrogen-bond acceptors (Lipinski definition) is 3. The molecule has 6 nitrogen and oxygen atoms in total. The van der Waals surface area contributed by atoms with Crippen molar-refractivity contribution in [1.29, 1.82) is 0 Å². The van der Waals surface area contributed by atoms with Gasteiger partial charge in [-0.15, -0.1) is 0 Å². The molecule has 0 saturated heterocycles. The van der Waals surface area contributed by atoms with Gasteiger partial charge >= 0.3 is 0 Å². The lowest BCUT2D eigenvalue weighted by atomic mass is 9.92. The van der Waals surface area contributed by atoms with Crippen molar-refractivity contribution in [3.8, 4) is 128 Å². The molecular formula is C143H104N6. The first-order valence-corrected chi connectivity index (χ1v) is 51.1. The molecule has 3 heterocycles. The molecule has 706 valence electrons. The number of aromatic nitrogens is 3. The zero-order chi connectivity index (χ0) is 99.6. The van der Waals surface area contributed by atoms with E-state index < -0.39 is 0 Å². The van der Waals surface area contributed by atoms with E-state index in [0.717, 1.165) is 45.5 Å². The molecule has 0 atom stereocenters. The summed E-state index contributed by atoms with van der Waals surface area (Å²) in [6.07, 6.45) is 0. The van der Waals surface area contributed by atoms with E-state index in [1.807, 2.05) is 0 Å². The molecule has 24 aromatic carbocycles. The van der Waals surface area contributed by atoms with Crippen LogP contribution in [0.4, 0.5) is 34.1 Å². The van der Waals surface area contributed by atoms with Gasteiger partial charge in [0, 0.05) is 105 Å². The molecule has 0 radical (unpaired) electrons. The van der Waals surface area contributed by atoms with Crippen LogP contribution < -0.4 is 14.7 Å². The van der Waals surface area contributed by atoms with Crippen molar-refractivity contribution in [2.45, 2.75) is 0 Å². The highest BCUT2D eigenvalue weighted by atomic mass is 15.1. The Bertz CT molecular complexity index is 9160. The fourth-order valence-corrected chi connectivity index (χ4v) is 21.8. The van der Waals surface area contributed by atoms with Crippen LogP contribution in [0.15, 0.2) is 576 Å². The van der Waals surface area contributed by atoms with Gasteiger partial charge < -0.3 is 28.4 Å². The maximum absolute atomic E-state index is 2.41. The summed E-state index contributed by atoms with van der Waals surface area (Å²) in [6.45, 7) is 0. The van der Waals surface area contributed by atoms with E-state index in [1.165, 1.54) is 204 Å². The van der Waals surface area contributed by atoms with Crippen LogP contribution in [0.2, 0.25) is 0 Å². The molecule has 0 N–H and O–H groups in total. The monoisotopic (exact) mass is 1900 g/mol. The van der Waals surface area contributed by atoms with Crippen LogP contribution in [0.25, 0.3) is 215 Å². The number of para-hydroxylation sites is 3. The Hall–Kier alpha value is -19.4. The summed E-state index contributed by atoms with van der Waals surface area (Å²) >= 11 is 0. The number of hydrogen-bond donors (Lipinski definition) is 0. The quantitative estimate of drug-likeness (QED) is 0.0806. The summed E-state index contributed by atoms with van der Waals surface area (Å²) < 4.78 is 7.23. The number of benzene rings is 24. The summed E-state index contributed by atoms with van der Waals surface area (Å²) in [4.78, 5) is 6.67. The first-order valence-electron chi connectivity index (χ1n) is 51.1. The van der Waals surface area contributed by atoms with Crippen molar-refractivity contribution < 1.29 is 0 Å². The first kappa shape index (κ1) is 90.8. The number of anilines is 6. The average Bonchev–Trinajstić information content (AvgIpc) is 1.59. The van der Waals surface area contributed by atoms with Crippen molar-refractivity contribution in [2.24, 2.45) is 0 Å². The van der Waals surface area contributed by atoms with E-state index in [1.54, 1.807) is 0 Å². The highest BCUT2D eigenvalue weighted by molar-refractivity contribution is 6.15. The maximum Gasteiger partial charge on any atom is 0.0541 e. The molecule has 0 aliphatic carbocycles. The molecule has 0 amide bonds. The summed E-state index contributed by atoms with van der Waals surface area (Å²) in [6, 6.07) is 208. The zero-order valence-electron chi connectivity index (χ0n) is 83.0. The van der Waals surface area contributed by atoms with E-state index >= 15 is 0 Å². The third kappa shape index (κ3) is 18.0. The second-order valence-electron chi connectivity index (χ2n) is 38.5. The average molecular weight is 1910 g/mol. The Labute approximate surface area is 869 Å². The lowest BCUT2D eigenvalue weighted by molar-refractivity contribution is 1.16. The Kier molecular flexibility index (Phi) is 24.4. The Balaban J connectivity index is 0.000000116. The van der Waals surface area contributed by atoms with Gasteiger partial charge in [-0.2, -0.15) is 0 Å². The van der Waals surface area contributed by atoms with Gasteiger partial charge in [0.05, 0.1) is 33.1 Å². The largest absolute Gasteiger partial charge is 0.345 e. The highest BCUT2D eigenvalue weighted by Gasteiger charge is 2.23. The van der Waals surface area contributed by atoms with Crippen LogP contribution >= 0.6 is 0 Å². The lowest BCUT2D eigenvalue weighted by Gasteiger charge is -2.20. The lowest BCUT2D eigenvalue weighted by Crippen LogP contribution is -2.09. The van der Waals surface area contributed by atoms with Crippen LogP contribution in [-0.2, 0) is 0 Å². The summed E-state index contributed by atoms with van der Waals surface area (Å²) in [5.41, 5.74) is 41.9. The van der Waals surface area contributed by atoms with Gasteiger partial charge in [0.2, 0.25) is 0 Å². The molecule has 0 saturated carbocycles. The van der Waals surface area contributed by atoms with Gasteiger partial charge in [0.1, 0.15) is 0 Å². The Morgan fingerprint density at radius 2 is 0.309 bits per heavy atom. The standard InChI is InChI=1S/2C49H36N2.C45H32N2/c1-50(39-19-9-4-10-20-39)40-27-29-41(30-28-40)51-48-31-25-37(44-23-13-11-21-42(44)35-15-5-2-6-16-35)33-46(48)47-34-38(26-32-49(47)51)45-24-14-12-22-43(45)36-17-7-3-8-18-36;1-50(43-21-9-4-10-22-43)44-25-27-45(28-26-44)51-48-29-23-41(39-19-11-17-37(31-39)35-13-5-2-6-14-35)33-46(48)47-34-42(24-30-49(47)51)40-20-12-18-38(32-40)36-15-7-3-8-16-36;1-46(39-13-3-2-4-14-39)40-21-23-41(24-22-40)47-44-25-19-37(35-17-15-31-9-5-7-11-33(31)27-35)29-42(44)43-30-38(20-26-45(43)47)36-18-16-32-10-6-8-12-34(32)28-36/h2*2-34H,1H3;2-30H,1H3. The van der Waals surface area contributed by atoms with E-state index in [2.05, 4.69) is 626 Å². The molecule has 149 heavy (non-hydrogen) atoms. The molecule has 0 bridgehead atoms. The smallest absolute Gasteiger partial charge is 0.0541 e. The molecule has 0 aliphatic rings. The van der Waals surface area contributed by atoms with Crippen LogP contribution in [0.3, 0.4) is 0 Å². The topological polar surface area (TPSA) is 24.5 Å². The van der Waals surface area contributed by atoms with Gasteiger partial charge in [0.15, 0.2) is 0 Å². The summed E-state index contributed by atoms with van der Waals surface area (Å²) in [5.74, 6) is 0. The third-order valence-electron chi connectivity index (χ3n) is 29.6. The third-order valence-corrected chi connectivity index (χ3v) is 29.6. The molecule has 27 rings (SSSR count). The summed E-state index contributed by atoms with van der Waals surface area (Å²) in [7, 11) is 6.36. The van der Waals surface area contributed by atoms with E-state index in [-0.39, 0.29) is 0 Å². The number of rotatable bonds is 19. The fraction of sp³-hybridized carbons (Fsp3) is 0.0210. The predicted octanol–water partition coefficient (Wildman–Crippen LogP) is 38.6. The van der Waals surface area contributed by atoms with Crippen molar-refractivity contribution in [3.63, 3.8) is 0 Å². The minimum absolute atomic E-state index is 1.13. The zero-order valence-corrected chi connectivity index (χ0v) is 83.0. The van der Waals surface area contributed by atoms with E-state index in [9.17, 15) is 0 Å². The Morgan fingerprint density at radius 3 is 0.591 bits per heavy atom. The second-order valence-corrected chi connectivity index (χ2v) is 38.5. The predicted molar refractivity (Wildman–Crippen MR) is 635 cm³/mol. The first-order chi connectivity index (χ1) is 73.6. The van der Waals surface area contributed by atoms with Crippen molar-refractivity contribution in [1.82, 2.24) is 13.7 Å². The maximum atomic E-state index is 2.41. The van der Waals surface area contributed by atoms with E-state index in [0.29, 0.717) is 0 Å². The van der Waals surface area contributed by atoms with Crippen LogP contribution in [0, 0.1) is 0 Å². The minimum atomic E-state index is 1.13. The van der Waals surface area contributed by atoms with Crippen LogP contribution in [-0.4, -0.2) is 34.8 Å². The van der Waals surface area contributed by atoms with Crippen molar-refractivity contribution in [2.75, 3.05) is 35.8 Å². The normalized spacial score (nSPS) is 11.3. The SMILES string of the molecule is CN(c1ccccc1)c1ccc(-n2c3ccc(-c4ccc5ccccc5c4)cc3c3cc(-c4ccc5ccccc5c4)ccc32)cc1.CN(c1ccccc1)c1ccc(-n2c3ccc(-c4cccc(-c5ccccc5)c4)cc3c3cc(-c4cccc(-c5ccccc5)c4)ccc32)cc1.CN(c1ccccc1)c1ccc(-n2c3ccc(-c4ccccc4-c4ccccc4)cc3c3cc(-c4ccccc4-c4ccccc4)ccc32)cc1. The van der Waals surface area contributed by atoms with Crippen LogP contribution in [0.1, 0.15) is 0 Å². The molecule has 0 spiro atoms. The molecule has 0 fully saturated rings. The molecule has 3 aromatic heterocycles. The molecular weight excluding hydrogens is 1800 g/mol. The van der Waals surface area contributed by atoms with Gasteiger partial charge in [-0.1, -0.05) is 370 Å². The van der Waals surface area contributed by atoms with Gasteiger partial charge in [0.25, 0.3) is 0 Å². The van der Waals surface area contributed by atoms with Gasteiger partial charge in [-0.05, 0) is 339 Å². The Morgan fingerprint density at radius 1 is 0.121 bits per heavy atom. The number of nitrogens with zero attached hydrogens (tertiary/aromatic N) is 6. The molecule has 6 heteroatoms. The van der Waals surface area contributed by atoms with Crippen LogP contribution in [0.5, 0.6) is 0 Å².